The molecule has 2 aromatic carbocycles. The van der Waals surface area contributed by atoms with Gasteiger partial charge in [0.1, 0.15) is 5.82 Å². The number of guanidine groups is 1. The van der Waals surface area contributed by atoms with E-state index >= 15 is 0 Å². The van der Waals surface area contributed by atoms with Crippen LogP contribution in [0.25, 0.3) is 0 Å². The topological polar surface area (TPSA) is 54.2 Å². The van der Waals surface area contributed by atoms with Gasteiger partial charge in [-0.2, -0.15) is 0 Å². The van der Waals surface area contributed by atoms with Gasteiger partial charge in [-0.05, 0) is 42.2 Å². The molecule has 2 N–H and O–H groups in total. The van der Waals surface area contributed by atoms with Crippen molar-refractivity contribution < 1.29 is 0 Å². The maximum Gasteiger partial charge on any atom is 0.191 e. The van der Waals surface area contributed by atoms with Crippen molar-refractivity contribution in [2.45, 2.75) is 26.4 Å². The molecule has 0 aliphatic rings. The Morgan fingerprint density at radius 2 is 1.86 bits per heavy atom. The van der Waals surface area contributed by atoms with Gasteiger partial charge in [0.15, 0.2) is 5.96 Å². The molecule has 0 amide bonds. The van der Waals surface area contributed by atoms with Crippen molar-refractivity contribution in [2.75, 3.05) is 13.6 Å². The monoisotopic (exact) mass is 395 g/mol. The number of benzene rings is 2. The molecule has 146 valence electrons. The van der Waals surface area contributed by atoms with Gasteiger partial charge in [0.05, 0.1) is 0 Å². The van der Waals surface area contributed by atoms with Gasteiger partial charge in [-0.3, -0.25) is 4.99 Å². The van der Waals surface area contributed by atoms with Gasteiger partial charge in [-0.1, -0.05) is 48.0 Å². The van der Waals surface area contributed by atoms with Crippen LogP contribution in [-0.4, -0.2) is 29.1 Å². The zero-order valence-electron chi connectivity index (χ0n) is 16.3. The molecule has 1 aromatic heterocycles. The molecule has 3 rings (SSSR count). The highest BCUT2D eigenvalue weighted by Gasteiger charge is 2.02. The van der Waals surface area contributed by atoms with E-state index in [1.54, 1.807) is 7.05 Å². The molecule has 3 aromatic rings. The molecule has 0 atom stereocenters. The number of nitrogens with zero attached hydrogens (tertiary/aromatic N) is 3. The summed E-state index contributed by atoms with van der Waals surface area (Å²) in [4.78, 5) is 8.58. The van der Waals surface area contributed by atoms with Crippen molar-refractivity contribution in [3.05, 3.63) is 88.5 Å². The fourth-order valence-corrected chi connectivity index (χ4v) is 3.11. The van der Waals surface area contributed by atoms with Crippen LogP contribution in [0.2, 0.25) is 5.02 Å². The summed E-state index contributed by atoms with van der Waals surface area (Å²) < 4.78 is 2.14. The maximum atomic E-state index is 5.93. The molecule has 5 nitrogen and oxygen atoms in total. The molecular weight excluding hydrogens is 370 g/mol. The first-order valence-corrected chi connectivity index (χ1v) is 9.76. The second-order valence-corrected chi connectivity index (χ2v) is 7.09. The van der Waals surface area contributed by atoms with E-state index in [4.69, 9.17) is 11.6 Å². The van der Waals surface area contributed by atoms with Gasteiger partial charge in [0, 0.05) is 44.1 Å². The third-order valence-electron chi connectivity index (χ3n) is 4.57. The first kappa shape index (κ1) is 20.0. The fraction of sp³-hybridized carbons (Fsp3) is 0.273. The fourth-order valence-electron chi connectivity index (χ4n) is 2.99. The second-order valence-electron chi connectivity index (χ2n) is 6.65. The lowest BCUT2D eigenvalue weighted by molar-refractivity contribution is 0.757. The predicted molar refractivity (Wildman–Crippen MR) is 116 cm³/mol. The summed E-state index contributed by atoms with van der Waals surface area (Å²) in [5, 5.41) is 7.50. The number of hydrogen-bond donors (Lipinski definition) is 2. The smallest absolute Gasteiger partial charge is 0.191 e. The lowest BCUT2D eigenvalue weighted by atomic mass is 10.1. The summed E-state index contributed by atoms with van der Waals surface area (Å²) >= 11 is 5.93. The van der Waals surface area contributed by atoms with Crippen molar-refractivity contribution in [1.29, 1.82) is 0 Å². The summed E-state index contributed by atoms with van der Waals surface area (Å²) in [5.74, 6) is 1.82. The number of aryl methyl sites for hydroxylation is 1. The molecule has 28 heavy (non-hydrogen) atoms. The largest absolute Gasteiger partial charge is 0.356 e. The normalized spacial score (nSPS) is 11.5. The van der Waals surface area contributed by atoms with Crippen LogP contribution in [0.3, 0.4) is 0 Å². The van der Waals surface area contributed by atoms with Crippen LogP contribution in [0.15, 0.2) is 65.9 Å². The molecule has 0 radical (unpaired) electrons. The molecular formula is C22H26ClN5. The summed E-state index contributed by atoms with van der Waals surface area (Å²) in [7, 11) is 1.79. The maximum absolute atomic E-state index is 5.93. The molecule has 0 fully saturated rings. The van der Waals surface area contributed by atoms with E-state index in [2.05, 4.69) is 49.4 Å². The van der Waals surface area contributed by atoms with E-state index in [0.717, 1.165) is 42.9 Å². The Kier molecular flexibility index (Phi) is 7.09. The van der Waals surface area contributed by atoms with E-state index < -0.39 is 0 Å². The lowest BCUT2D eigenvalue weighted by Gasteiger charge is -2.13. The molecule has 0 unspecified atom stereocenters. The lowest BCUT2D eigenvalue weighted by Crippen LogP contribution is -2.37. The Labute approximate surface area is 171 Å². The minimum atomic E-state index is 0.720. The highest BCUT2D eigenvalue weighted by molar-refractivity contribution is 6.30. The quantitative estimate of drug-likeness (QED) is 0.472. The Morgan fingerprint density at radius 1 is 1.07 bits per heavy atom. The van der Waals surface area contributed by atoms with Crippen molar-refractivity contribution >= 4 is 17.6 Å². The highest BCUT2D eigenvalue weighted by atomic mass is 35.5. The number of nitrogens with one attached hydrogen (secondary N) is 2. The Bertz CT molecular complexity index is 915. The molecule has 6 heteroatoms. The first-order valence-electron chi connectivity index (χ1n) is 9.38. The molecule has 0 aliphatic heterocycles. The summed E-state index contributed by atoms with van der Waals surface area (Å²) in [6.45, 7) is 4.37. The van der Waals surface area contributed by atoms with Gasteiger partial charge in [0.25, 0.3) is 0 Å². The van der Waals surface area contributed by atoms with E-state index in [1.807, 2.05) is 43.6 Å². The third kappa shape index (κ3) is 5.86. The molecule has 1 heterocycles. The number of rotatable bonds is 7. The van der Waals surface area contributed by atoms with Crippen LogP contribution in [0.4, 0.5) is 0 Å². The summed E-state index contributed by atoms with van der Waals surface area (Å²) in [6.07, 6.45) is 4.75. The van der Waals surface area contributed by atoms with Crippen molar-refractivity contribution in [1.82, 2.24) is 20.2 Å². The standard InChI is InChI=1S/C22H26ClN5/c1-17-25-12-13-28(17)16-20-5-3-4-19(14-20)15-27-22(24-2)26-11-10-18-6-8-21(23)9-7-18/h3-9,12-14H,10-11,15-16H2,1-2H3,(H2,24,26,27). The van der Waals surface area contributed by atoms with Gasteiger partial charge >= 0.3 is 0 Å². The highest BCUT2D eigenvalue weighted by Crippen LogP contribution is 2.10. The van der Waals surface area contributed by atoms with Crippen LogP contribution < -0.4 is 10.6 Å². The Morgan fingerprint density at radius 3 is 2.57 bits per heavy atom. The minimum Gasteiger partial charge on any atom is -0.356 e. The number of hydrogen-bond acceptors (Lipinski definition) is 2. The number of aliphatic imine (C=N–C) groups is 1. The molecule has 0 aliphatic carbocycles. The zero-order chi connectivity index (χ0) is 19.8. The average molecular weight is 396 g/mol. The van der Waals surface area contributed by atoms with Gasteiger partial charge < -0.3 is 15.2 Å². The van der Waals surface area contributed by atoms with E-state index in [9.17, 15) is 0 Å². The van der Waals surface area contributed by atoms with Crippen LogP contribution in [0, 0.1) is 6.92 Å². The molecule has 0 saturated heterocycles. The van der Waals surface area contributed by atoms with Crippen LogP contribution in [-0.2, 0) is 19.5 Å². The van der Waals surface area contributed by atoms with Gasteiger partial charge in [-0.15, -0.1) is 0 Å². The number of imidazole rings is 1. The van der Waals surface area contributed by atoms with Crippen molar-refractivity contribution in [2.24, 2.45) is 4.99 Å². The number of aromatic nitrogens is 2. The van der Waals surface area contributed by atoms with Crippen LogP contribution >= 0.6 is 11.6 Å². The van der Waals surface area contributed by atoms with Crippen molar-refractivity contribution in [3.63, 3.8) is 0 Å². The molecule has 0 bridgehead atoms. The van der Waals surface area contributed by atoms with E-state index in [0.29, 0.717) is 0 Å². The van der Waals surface area contributed by atoms with E-state index in [-0.39, 0.29) is 0 Å². The van der Waals surface area contributed by atoms with Gasteiger partial charge in [-0.25, -0.2) is 4.98 Å². The van der Waals surface area contributed by atoms with Crippen LogP contribution in [0.5, 0.6) is 0 Å². The number of halogens is 1. The predicted octanol–water partition coefficient (Wildman–Crippen LogP) is 3.80. The first-order chi connectivity index (χ1) is 13.6. The molecule has 0 saturated carbocycles. The minimum absolute atomic E-state index is 0.720. The average Bonchev–Trinajstić information content (AvgIpc) is 3.11. The van der Waals surface area contributed by atoms with Crippen LogP contribution in [0.1, 0.15) is 22.5 Å². The third-order valence-corrected chi connectivity index (χ3v) is 4.82. The Hall–Kier alpha value is -2.79. The van der Waals surface area contributed by atoms with E-state index in [1.165, 1.54) is 16.7 Å². The summed E-state index contributed by atoms with van der Waals surface area (Å²) in [6, 6.07) is 16.5. The SMILES string of the molecule is CN=C(NCCc1ccc(Cl)cc1)NCc1cccc(Cn2ccnc2C)c1. The molecule has 0 spiro atoms. The van der Waals surface area contributed by atoms with Crippen molar-refractivity contribution in [3.8, 4) is 0 Å². The van der Waals surface area contributed by atoms with Gasteiger partial charge in [0.2, 0.25) is 0 Å². The Balaban J connectivity index is 1.48. The summed E-state index contributed by atoms with van der Waals surface area (Å²) in [5.41, 5.74) is 3.72. The second kappa shape index (κ2) is 9.95. The zero-order valence-corrected chi connectivity index (χ0v) is 17.1.